The van der Waals surface area contributed by atoms with Crippen LogP contribution >= 0.6 is 0 Å². The van der Waals surface area contributed by atoms with Crippen molar-refractivity contribution in [1.82, 2.24) is 9.44 Å². The van der Waals surface area contributed by atoms with E-state index in [-0.39, 0.29) is 25.4 Å². The van der Waals surface area contributed by atoms with Gasteiger partial charge in [0.2, 0.25) is 20.0 Å². The van der Waals surface area contributed by atoms with Gasteiger partial charge in [-0.25, -0.2) is 26.3 Å². The Balaban J connectivity index is 2.32. The highest BCUT2D eigenvalue weighted by molar-refractivity contribution is 7.89. The molecule has 0 atom stereocenters. The molecule has 0 fully saturated rings. The Bertz CT molecular complexity index is 658. The molecule has 0 radical (unpaired) electrons. The number of benzene rings is 1. The zero-order valence-corrected chi connectivity index (χ0v) is 13.2. The van der Waals surface area contributed by atoms with Gasteiger partial charge in [0.1, 0.15) is 12.4 Å². The van der Waals surface area contributed by atoms with E-state index in [2.05, 4.69) is 9.44 Å². The summed E-state index contributed by atoms with van der Waals surface area (Å²) in [7, 11) is -6.86. The molecule has 4 N–H and O–H groups in total. The van der Waals surface area contributed by atoms with Crippen LogP contribution in [0.15, 0.2) is 24.3 Å². The summed E-state index contributed by atoms with van der Waals surface area (Å²) in [5.74, 6) is 0.173. The molecular weight excluding hydrogens is 318 g/mol. The molecule has 0 saturated carbocycles. The van der Waals surface area contributed by atoms with Crippen LogP contribution in [-0.2, 0) is 20.0 Å². The summed E-state index contributed by atoms with van der Waals surface area (Å²) in [4.78, 5) is 0. The maximum absolute atomic E-state index is 11.6. The lowest BCUT2D eigenvalue weighted by Gasteiger charge is -2.10. The van der Waals surface area contributed by atoms with Crippen LogP contribution in [0, 0.1) is 0 Å². The van der Waals surface area contributed by atoms with E-state index < -0.39 is 20.0 Å². The van der Waals surface area contributed by atoms with Crippen molar-refractivity contribution in [3.05, 3.63) is 24.3 Å². The summed E-state index contributed by atoms with van der Waals surface area (Å²) in [5, 5.41) is 0. The second-order valence-corrected chi connectivity index (χ2v) is 8.03. The van der Waals surface area contributed by atoms with Crippen LogP contribution in [0.25, 0.3) is 0 Å². The van der Waals surface area contributed by atoms with E-state index in [1.807, 2.05) is 0 Å². The first-order valence-electron chi connectivity index (χ1n) is 6.09. The van der Waals surface area contributed by atoms with Crippen LogP contribution in [0.2, 0.25) is 0 Å². The predicted molar refractivity (Wildman–Crippen MR) is 81.0 cm³/mol. The van der Waals surface area contributed by atoms with Gasteiger partial charge in [-0.1, -0.05) is 12.1 Å². The molecular formula is C11H19N3O5S2. The first-order valence-corrected chi connectivity index (χ1v) is 9.63. The van der Waals surface area contributed by atoms with E-state index in [0.717, 1.165) is 6.26 Å². The van der Waals surface area contributed by atoms with E-state index in [1.54, 1.807) is 24.3 Å². The van der Waals surface area contributed by atoms with Crippen molar-refractivity contribution >= 4 is 25.7 Å². The fraction of sp³-hybridized carbons (Fsp3) is 0.455. The lowest BCUT2D eigenvalue weighted by molar-refractivity contribution is 0.342. The van der Waals surface area contributed by atoms with E-state index >= 15 is 0 Å². The molecule has 0 saturated heterocycles. The molecule has 8 nitrogen and oxygen atoms in total. The number of nitrogens with one attached hydrogen (secondary N) is 2. The van der Waals surface area contributed by atoms with Gasteiger partial charge in [-0.2, -0.15) is 0 Å². The highest BCUT2D eigenvalue weighted by atomic mass is 32.2. The number of nitrogens with two attached hydrogens (primary N) is 1. The van der Waals surface area contributed by atoms with Gasteiger partial charge in [0.15, 0.2) is 0 Å². The average Bonchev–Trinajstić information content (AvgIpc) is 2.36. The van der Waals surface area contributed by atoms with E-state index in [4.69, 9.17) is 10.5 Å². The Kier molecular flexibility index (Phi) is 6.40. The summed E-state index contributed by atoms with van der Waals surface area (Å²) < 4.78 is 54.6. The predicted octanol–water partition coefficient (Wildman–Crippen LogP) is -0.884. The standard InChI is InChI=1S/C11H19N3O5S2/c1-20(15,16)13-6-7-14-21(17,18)9-8-19-11-5-3-2-4-10(11)12/h2-5,13-14H,6-9,12H2,1H3. The first kappa shape index (κ1) is 17.7. The highest BCUT2D eigenvalue weighted by Gasteiger charge is 2.11. The molecule has 0 heterocycles. The second kappa shape index (κ2) is 7.59. The number of para-hydroxylation sites is 2. The molecule has 0 unspecified atom stereocenters. The minimum Gasteiger partial charge on any atom is -0.490 e. The van der Waals surface area contributed by atoms with E-state index in [9.17, 15) is 16.8 Å². The minimum absolute atomic E-state index is 0.00937. The number of nitrogen functional groups attached to an aromatic ring is 1. The second-order valence-electron chi connectivity index (χ2n) is 4.27. The van der Waals surface area contributed by atoms with Crippen molar-refractivity contribution in [3.63, 3.8) is 0 Å². The number of sulfonamides is 2. The van der Waals surface area contributed by atoms with Crippen molar-refractivity contribution in [3.8, 4) is 5.75 Å². The maximum atomic E-state index is 11.6. The van der Waals surface area contributed by atoms with Crippen LogP contribution < -0.4 is 19.9 Å². The normalized spacial score (nSPS) is 12.2. The lowest BCUT2D eigenvalue weighted by atomic mass is 10.3. The quantitative estimate of drug-likeness (QED) is 0.396. The molecule has 0 aromatic heterocycles. The largest absolute Gasteiger partial charge is 0.490 e. The Morgan fingerprint density at radius 1 is 1.10 bits per heavy atom. The third kappa shape index (κ3) is 7.85. The van der Waals surface area contributed by atoms with E-state index in [1.165, 1.54) is 0 Å². The number of anilines is 1. The first-order chi connectivity index (χ1) is 9.70. The van der Waals surface area contributed by atoms with Gasteiger partial charge >= 0.3 is 0 Å². The summed E-state index contributed by atoms with van der Waals surface area (Å²) in [5.41, 5.74) is 6.08. The minimum atomic E-state index is -3.53. The topological polar surface area (TPSA) is 128 Å². The third-order valence-corrected chi connectivity index (χ3v) is 4.42. The van der Waals surface area contributed by atoms with Crippen LogP contribution in [0.3, 0.4) is 0 Å². The fourth-order valence-electron chi connectivity index (χ4n) is 1.39. The average molecular weight is 337 g/mol. The van der Waals surface area contributed by atoms with Gasteiger partial charge in [0, 0.05) is 13.1 Å². The van der Waals surface area contributed by atoms with Gasteiger partial charge in [0.05, 0.1) is 17.7 Å². The number of rotatable bonds is 9. The summed E-state index contributed by atoms with van der Waals surface area (Å²) in [6.07, 6.45) is 1.000. The molecule has 0 aliphatic rings. The Hall–Kier alpha value is -1.36. The monoisotopic (exact) mass is 337 g/mol. The zero-order chi connectivity index (χ0) is 15.9. The molecule has 0 aliphatic carbocycles. The molecule has 1 aromatic rings. The van der Waals surface area contributed by atoms with Crippen molar-refractivity contribution < 1.29 is 21.6 Å². The molecule has 0 bridgehead atoms. The number of hydrogen-bond donors (Lipinski definition) is 3. The van der Waals surface area contributed by atoms with Crippen molar-refractivity contribution in [2.24, 2.45) is 0 Å². The van der Waals surface area contributed by atoms with Crippen LogP contribution in [0.1, 0.15) is 0 Å². The molecule has 0 spiro atoms. The van der Waals surface area contributed by atoms with Gasteiger partial charge in [-0.3, -0.25) is 0 Å². The van der Waals surface area contributed by atoms with Crippen LogP contribution in [0.5, 0.6) is 5.75 Å². The molecule has 0 amide bonds. The fourth-order valence-corrected chi connectivity index (χ4v) is 2.72. The Morgan fingerprint density at radius 2 is 1.71 bits per heavy atom. The van der Waals surface area contributed by atoms with Gasteiger partial charge in [-0.05, 0) is 12.1 Å². The van der Waals surface area contributed by atoms with Crippen LogP contribution in [0.4, 0.5) is 5.69 Å². The van der Waals surface area contributed by atoms with Gasteiger partial charge in [-0.15, -0.1) is 0 Å². The number of ether oxygens (including phenoxy) is 1. The molecule has 0 aliphatic heterocycles. The molecule has 1 aromatic carbocycles. The van der Waals surface area contributed by atoms with Crippen molar-refractivity contribution in [1.29, 1.82) is 0 Å². The Morgan fingerprint density at radius 3 is 2.33 bits per heavy atom. The van der Waals surface area contributed by atoms with E-state index in [0.29, 0.717) is 11.4 Å². The summed E-state index contributed by atoms with van der Waals surface area (Å²) in [6.45, 7) is -0.0868. The summed E-state index contributed by atoms with van der Waals surface area (Å²) in [6, 6.07) is 6.77. The Labute approximate surface area is 124 Å². The smallest absolute Gasteiger partial charge is 0.214 e. The maximum Gasteiger partial charge on any atom is 0.214 e. The SMILES string of the molecule is CS(=O)(=O)NCCNS(=O)(=O)CCOc1ccccc1N. The third-order valence-electron chi connectivity index (χ3n) is 2.34. The van der Waals surface area contributed by atoms with Crippen LogP contribution in [-0.4, -0.2) is 48.5 Å². The van der Waals surface area contributed by atoms with Crippen molar-refractivity contribution in [2.45, 2.75) is 0 Å². The molecule has 21 heavy (non-hydrogen) atoms. The summed E-state index contributed by atoms with van der Waals surface area (Å²) >= 11 is 0. The molecule has 1 rings (SSSR count). The molecule has 10 heteroatoms. The zero-order valence-electron chi connectivity index (χ0n) is 11.6. The number of hydrogen-bond acceptors (Lipinski definition) is 6. The van der Waals surface area contributed by atoms with Gasteiger partial charge < -0.3 is 10.5 Å². The van der Waals surface area contributed by atoms with Crippen molar-refractivity contribution in [2.75, 3.05) is 37.4 Å². The highest BCUT2D eigenvalue weighted by Crippen LogP contribution is 2.19. The molecule has 120 valence electrons. The lowest BCUT2D eigenvalue weighted by Crippen LogP contribution is -2.36. The van der Waals surface area contributed by atoms with Gasteiger partial charge in [0.25, 0.3) is 0 Å².